The van der Waals surface area contributed by atoms with E-state index in [2.05, 4.69) is 45.1 Å². The van der Waals surface area contributed by atoms with E-state index in [0.29, 0.717) is 4.83 Å². The zero-order valence-corrected chi connectivity index (χ0v) is 12.2. The second kappa shape index (κ2) is 5.72. The van der Waals surface area contributed by atoms with Gasteiger partial charge in [-0.15, -0.1) is 0 Å². The van der Waals surface area contributed by atoms with Crippen molar-refractivity contribution in [2.45, 2.75) is 30.2 Å². The second-order valence-corrected chi connectivity index (χ2v) is 6.60. The number of halogens is 1. The number of hydrogen-bond donors (Lipinski definition) is 0. The Labute approximate surface area is 117 Å². The molecular weight excluding hydrogens is 290 g/mol. The first-order chi connectivity index (χ1) is 8.83. The average Bonchev–Trinajstić information content (AvgIpc) is 2.39. The minimum absolute atomic E-state index is 0.271. The summed E-state index contributed by atoms with van der Waals surface area (Å²) in [5.74, 6) is 0. The molecule has 2 unspecified atom stereocenters. The van der Waals surface area contributed by atoms with Gasteiger partial charge in [0.05, 0.1) is 12.7 Å². The standard InChI is InChI=1S/C15H20BrNO/c16-13-5-3-8-17(10-13)11-15-14-6-2-1-4-12(14)7-9-18-15/h1-2,4,6,13,15H,3,5,7-11H2. The minimum atomic E-state index is 0.271. The van der Waals surface area contributed by atoms with Gasteiger partial charge in [0.15, 0.2) is 0 Å². The van der Waals surface area contributed by atoms with E-state index in [9.17, 15) is 0 Å². The molecule has 1 aromatic carbocycles. The lowest BCUT2D eigenvalue weighted by molar-refractivity contribution is 0.0128. The smallest absolute Gasteiger partial charge is 0.0954 e. The molecule has 0 radical (unpaired) electrons. The molecule has 0 aliphatic carbocycles. The minimum Gasteiger partial charge on any atom is -0.372 e. The Kier molecular flexibility index (Phi) is 4.02. The number of hydrogen-bond acceptors (Lipinski definition) is 2. The van der Waals surface area contributed by atoms with Crippen molar-refractivity contribution in [2.24, 2.45) is 0 Å². The second-order valence-electron chi connectivity index (χ2n) is 5.31. The summed E-state index contributed by atoms with van der Waals surface area (Å²) >= 11 is 3.74. The van der Waals surface area contributed by atoms with Gasteiger partial charge < -0.3 is 4.74 Å². The number of nitrogens with zero attached hydrogens (tertiary/aromatic N) is 1. The molecule has 2 aliphatic rings. The number of benzene rings is 1. The lowest BCUT2D eigenvalue weighted by Crippen LogP contribution is -2.39. The summed E-state index contributed by atoms with van der Waals surface area (Å²) in [5.41, 5.74) is 2.88. The third kappa shape index (κ3) is 2.79. The summed E-state index contributed by atoms with van der Waals surface area (Å²) in [6.07, 6.45) is 3.93. The first kappa shape index (κ1) is 12.6. The van der Waals surface area contributed by atoms with Crippen LogP contribution < -0.4 is 0 Å². The normalized spacial score (nSPS) is 28.9. The monoisotopic (exact) mass is 309 g/mol. The van der Waals surface area contributed by atoms with E-state index in [1.54, 1.807) is 0 Å². The van der Waals surface area contributed by atoms with Crippen LogP contribution in [-0.2, 0) is 11.2 Å². The molecule has 0 aromatic heterocycles. The van der Waals surface area contributed by atoms with Crippen molar-refractivity contribution in [3.63, 3.8) is 0 Å². The molecule has 0 saturated carbocycles. The molecule has 1 saturated heterocycles. The number of likely N-dealkylation sites (tertiary alicyclic amines) is 1. The Hall–Kier alpha value is -0.380. The number of fused-ring (bicyclic) bond motifs is 1. The van der Waals surface area contributed by atoms with Gasteiger partial charge in [0, 0.05) is 17.9 Å². The third-order valence-electron chi connectivity index (χ3n) is 3.96. The van der Waals surface area contributed by atoms with Gasteiger partial charge >= 0.3 is 0 Å². The first-order valence-corrected chi connectivity index (χ1v) is 7.80. The van der Waals surface area contributed by atoms with Crippen molar-refractivity contribution >= 4 is 15.9 Å². The van der Waals surface area contributed by atoms with Crippen molar-refractivity contribution in [1.29, 1.82) is 0 Å². The predicted molar refractivity (Wildman–Crippen MR) is 77.2 cm³/mol. The molecule has 2 atom stereocenters. The van der Waals surface area contributed by atoms with E-state index in [1.807, 2.05) is 0 Å². The third-order valence-corrected chi connectivity index (χ3v) is 4.71. The number of ether oxygens (including phenoxy) is 1. The van der Waals surface area contributed by atoms with Crippen molar-refractivity contribution in [3.05, 3.63) is 35.4 Å². The Morgan fingerprint density at radius 3 is 3.11 bits per heavy atom. The van der Waals surface area contributed by atoms with Crippen molar-refractivity contribution < 1.29 is 4.74 Å². The molecular formula is C15H20BrNO. The van der Waals surface area contributed by atoms with Gasteiger partial charge in [-0.05, 0) is 36.9 Å². The van der Waals surface area contributed by atoms with E-state index in [1.165, 1.54) is 30.5 Å². The highest BCUT2D eigenvalue weighted by Gasteiger charge is 2.25. The summed E-state index contributed by atoms with van der Waals surface area (Å²) in [4.78, 5) is 3.19. The van der Waals surface area contributed by atoms with Crippen LogP contribution >= 0.6 is 15.9 Å². The van der Waals surface area contributed by atoms with Gasteiger partial charge in [0.25, 0.3) is 0 Å². The Morgan fingerprint density at radius 2 is 2.22 bits per heavy atom. The van der Waals surface area contributed by atoms with Crippen molar-refractivity contribution in [1.82, 2.24) is 4.90 Å². The summed E-state index contributed by atoms with van der Waals surface area (Å²) in [7, 11) is 0. The molecule has 3 heteroatoms. The van der Waals surface area contributed by atoms with Crippen LogP contribution in [0.5, 0.6) is 0 Å². The lowest BCUT2D eigenvalue weighted by Gasteiger charge is -2.35. The van der Waals surface area contributed by atoms with Gasteiger partial charge in [-0.2, -0.15) is 0 Å². The van der Waals surface area contributed by atoms with E-state index < -0.39 is 0 Å². The van der Waals surface area contributed by atoms with Crippen molar-refractivity contribution in [2.75, 3.05) is 26.2 Å². The summed E-state index contributed by atoms with van der Waals surface area (Å²) < 4.78 is 5.99. The topological polar surface area (TPSA) is 12.5 Å². The molecule has 98 valence electrons. The molecule has 0 spiro atoms. The van der Waals surface area contributed by atoms with Gasteiger partial charge in [0.1, 0.15) is 0 Å². The van der Waals surface area contributed by atoms with E-state index >= 15 is 0 Å². The fourth-order valence-electron chi connectivity index (χ4n) is 3.03. The summed E-state index contributed by atoms with van der Waals surface area (Å²) in [6.45, 7) is 4.28. The molecule has 0 amide bonds. The molecule has 2 aliphatic heterocycles. The van der Waals surface area contributed by atoms with E-state index in [-0.39, 0.29) is 6.10 Å². The Morgan fingerprint density at radius 1 is 1.33 bits per heavy atom. The van der Waals surface area contributed by atoms with E-state index in [4.69, 9.17) is 4.74 Å². The van der Waals surface area contributed by atoms with Crippen molar-refractivity contribution in [3.8, 4) is 0 Å². The number of rotatable bonds is 2. The van der Waals surface area contributed by atoms with Gasteiger partial charge in [0.2, 0.25) is 0 Å². The first-order valence-electron chi connectivity index (χ1n) is 6.89. The molecule has 2 nitrogen and oxygen atoms in total. The highest BCUT2D eigenvalue weighted by atomic mass is 79.9. The largest absolute Gasteiger partial charge is 0.372 e. The summed E-state index contributed by atoms with van der Waals surface area (Å²) in [5, 5.41) is 0. The zero-order valence-electron chi connectivity index (χ0n) is 10.6. The van der Waals surface area contributed by atoms with Crippen LogP contribution in [0.2, 0.25) is 0 Å². The quantitative estimate of drug-likeness (QED) is 0.778. The Bertz CT molecular complexity index is 409. The van der Waals surface area contributed by atoms with Gasteiger partial charge in [-0.25, -0.2) is 0 Å². The van der Waals surface area contributed by atoms with Crippen LogP contribution in [-0.4, -0.2) is 36.0 Å². The van der Waals surface area contributed by atoms with Crippen LogP contribution in [0.4, 0.5) is 0 Å². The molecule has 18 heavy (non-hydrogen) atoms. The van der Waals surface area contributed by atoms with Gasteiger partial charge in [-0.1, -0.05) is 40.2 Å². The Balaban J connectivity index is 1.70. The molecule has 2 heterocycles. The van der Waals surface area contributed by atoms with E-state index in [0.717, 1.165) is 26.1 Å². The molecule has 1 fully saturated rings. The fourth-order valence-corrected chi connectivity index (χ4v) is 3.76. The van der Waals surface area contributed by atoms with Gasteiger partial charge in [-0.3, -0.25) is 4.90 Å². The maximum absolute atomic E-state index is 5.99. The molecule has 0 bridgehead atoms. The average molecular weight is 310 g/mol. The van der Waals surface area contributed by atoms with Crippen LogP contribution in [0.1, 0.15) is 30.1 Å². The lowest BCUT2D eigenvalue weighted by atomic mass is 9.97. The molecule has 1 aromatic rings. The zero-order chi connectivity index (χ0) is 12.4. The number of piperidine rings is 1. The predicted octanol–water partition coefficient (Wildman–Crippen LogP) is 3.16. The maximum Gasteiger partial charge on any atom is 0.0954 e. The fraction of sp³-hybridized carbons (Fsp3) is 0.600. The van der Waals surface area contributed by atoms with Crippen LogP contribution in [0.3, 0.4) is 0 Å². The van der Waals surface area contributed by atoms with Crippen LogP contribution in [0, 0.1) is 0 Å². The summed E-state index contributed by atoms with van der Waals surface area (Å²) in [6, 6.07) is 8.74. The number of alkyl halides is 1. The highest BCUT2D eigenvalue weighted by molar-refractivity contribution is 9.09. The highest BCUT2D eigenvalue weighted by Crippen LogP contribution is 2.29. The van der Waals surface area contributed by atoms with Crippen LogP contribution in [0.25, 0.3) is 0 Å². The SMILES string of the molecule is BrC1CCCN(CC2OCCc3ccccc32)C1. The van der Waals surface area contributed by atoms with Crippen LogP contribution in [0.15, 0.2) is 24.3 Å². The molecule has 3 rings (SSSR count). The molecule has 0 N–H and O–H groups in total. The maximum atomic E-state index is 5.99.